The summed E-state index contributed by atoms with van der Waals surface area (Å²) in [4.78, 5) is 19.0. The number of benzene rings is 1. The highest BCUT2D eigenvalue weighted by atomic mass is 32.1. The topological polar surface area (TPSA) is 71.8 Å². The number of nitrogen functional groups attached to an aromatic ring is 1. The van der Waals surface area contributed by atoms with E-state index in [0.717, 1.165) is 16.0 Å². The lowest BCUT2D eigenvalue weighted by Crippen LogP contribution is -2.15. The molecule has 1 aromatic carbocycles. The van der Waals surface area contributed by atoms with Crippen LogP contribution >= 0.6 is 12.6 Å². The highest BCUT2D eigenvalue weighted by Gasteiger charge is 2.03. The van der Waals surface area contributed by atoms with Crippen molar-refractivity contribution in [1.82, 2.24) is 9.97 Å². The van der Waals surface area contributed by atoms with Crippen molar-refractivity contribution in [2.24, 2.45) is 0 Å². The Morgan fingerprint density at radius 2 is 2.24 bits per heavy atom. The van der Waals surface area contributed by atoms with Crippen molar-refractivity contribution in [1.29, 1.82) is 0 Å². The van der Waals surface area contributed by atoms with Crippen LogP contribution in [-0.2, 0) is 6.42 Å². The van der Waals surface area contributed by atoms with E-state index in [9.17, 15) is 4.79 Å². The van der Waals surface area contributed by atoms with Gasteiger partial charge in [-0.05, 0) is 30.2 Å². The molecule has 0 radical (unpaired) electrons. The number of nitrogens with two attached hydrogens (primary N) is 1. The summed E-state index contributed by atoms with van der Waals surface area (Å²) in [6.07, 6.45) is 1.96. The Bertz CT molecular complexity index is 607. The van der Waals surface area contributed by atoms with Gasteiger partial charge in [0.2, 0.25) is 0 Å². The number of H-pyrrole nitrogens is 1. The lowest BCUT2D eigenvalue weighted by Gasteiger charge is -2.06. The summed E-state index contributed by atoms with van der Waals surface area (Å²) in [6.45, 7) is 2.00. The van der Waals surface area contributed by atoms with E-state index >= 15 is 0 Å². The number of thiol groups is 1. The van der Waals surface area contributed by atoms with Crippen LogP contribution in [0.1, 0.15) is 17.0 Å². The molecule has 0 bridgehead atoms. The van der Waals surface area contributed by atoms with Gasteiger partial charge in [0.1, 0.15) is 11.5 Å². The van der Waals surface area contributed by atoms with E-state index in [1.54, 1.807) is 0 Å². The van der Waals surface area contributed by atoms with Gasteiger partial charge in [-0.2, -0.15) is 0 Å². The Morgan fingerprint density at radius 3 is 2.88 bits per heavy atom. The molecule has 0 amide bonds. The number of aromatic nitrogens is 2. The fourth-order valence-corrected chi connectivity index (χ4v) is 1.86. The molecule has 17 heavy (non-hydrogen) atoms. The third-order valence-electron chi connectivity index (χ3n) is 2.56. The second kappa shape index (κ2) is 4.63. The smallest absolute Gasteiger partial charge is 0.274 e. The molecule has 0 saturated carbocycles. The highest BCUT2D eigenvalue weighted by Crippen LogP contribution is 2.15. The number of anilines is 1. The first-order valence-corrected chi connectivity index (χ1v) is 5.63. The minimum absolute atomic E-state index is 0.135. The quantitative estimate of drug-likeness (QED) is 0.705. The van der Waals surface area contributed by atoms with E-state index in [1.165, 1.54) is 6.20 Å². The minimum Gasteiger partial charge on any atom is -0.393 e. The third-order valence-corrected chi connectivity index (χ3v) is 2.84. The van der Waals surface area contributed by atoms with Crippen molar-refractivity contribution in [2.75, 3.05) is 5.73 Å². The average molecular weight is 247 g/mol. The molecule has 0 aliphatic carbocycles. The number of nitrogens with zero attached hydrogens (tertiary/aromatic N) is 1. The van der Waals surface area contributed by atoms with E-state index < -0.39 is 0 Å². The summed E-state index contributed by atoms with van der Waals surface area (Å²) in [5, 5.41) is 0. The number of aryl methyl sites for hydroxylation is 1. The molecule has 0 aliphatic heterocycles. The maximum atomic E-state index is 11.3. The van der Waals surface area contributed by atoms with Crippen LogP contribution < -0.4 is 11.3 Å². The largest absolute Gasteiger partial charge is 0.393 e. The van der Waals surface area contributed by atoms with Crippen LogP contribution in [0.15, 0.2) is 34.1 Å². The molecule has 0 fully saturated rings. The van der Waals surface area contributed by atoms with E-state index in [4.69, 9.17) is 5.73 Å². The zero-order valence-electron chi connectivity index (χ0n) is 9.40. The molecule has 4 nitrogen and oxygen atoms in total. The van der Waals surface area contributed by atoms with Crippen LogP contribution in [0.2, 0.25) is 0 Å². The summed E-state index contributed by atoms with van der Waals surface area (Å²) in [7, 11) is 0. The Morgan fingerprint density at radius 1 is 1.47 bits per heavy atom. The molecule has 2 aromatic rings. The first kappa shape index (κ1) is 11.7. The lowest BCUT2D eigenvalue weighted by molar-refractivity contribution is 0.941. The summed E-state index contributed by atoms with van der Waals surface area (Å²) >= 11 is 4.27. The summed E-state index contributed by atoms with van der Waals surface area (Å²) in [5.41, 5.74) is 7.49. The molecular weight excluding hydrogens is 234 g/mol. The fourth-order valence-electron chi connectivity index (χ4n) is 1.59. The summed E-state index contributed by atoms with van der Waals surface area (Å²) < 4.78 is 0. The van der Waals surface area contributed by atoms with Gasteiger partial charge in [0.15, 0.2) is 0 Å². The number of hydrogen-bond acceptors (Lipinski definition) is 4. The van der Waals surface area contributed by atoms with Crippen LogP contribution in [0.3, 0.4) is 0 Å². The van der Waals surface area contributed by atoms with Crippen molar-refractivity contribution in [2.45, 2.75) is 18.2 Å². The van der Waals surface area contributed by atoms with Crippen molar-refractivity contribution in [3.8, 4) is 0 Å². The molecule has 0 atom stereocenters. The Labute approximate surface area is 104 Å². The van der Waals surface area contributed by atoms with E-state index in [-0.39, 0.29) is 11.2 Å². The molecule has 2 rings (SSSR count). The average Bonchev–Trinajstić information content (AvgIpc) is 2.27. The van der Waals surface area contributed by atoms with Gasteiger partial charge >= 0.3 is 0 Å². The predicted octanol–water partition coefficient (Wildman–Crippen LogP) is 1.54. The van der Waals surface area contributed by atoms with Crippen LogP contribution in [0.5, 0.6) is 0 Å². The number of aromatic amines is 1. The fraction of sp³-hybridized carbons (Fsp3) is 0.167. The van der Waals surface area contributed by atoms with E-state index in [0.29, 0.717) is 12.2 Å². The zero-order chi connectivity index (χ0) is 12.4. The summed E-state index contributed by atoms with van der Waals surface area (Å²) in [5.74, 6) is 0.610. The van der Waals surface area contributed by atoms with Crippen LogP contribution in [-0.4, -0.2) is 9.97 Å². The molecule has 0 aliphatic rings. The predicted molar refractivity (Wildman–Crippen MR) is 70.5 cm³/mol. The van der Waals surface area contributed by atoms with Gasteiger partial charge in [0.05, 0.1) is 6.20 Å². The van der Waals surface area contributed by atoms with Gasteiger partial charge < -0.3 is 10.7 Å². The number of hydrogen-bond donors (Lipinski definition) is 3. The van der Waals surface area contributed by atoms with Crippen molar-refractivity contribution < 1.29 is 0 Å². The van der Waals surface area contributed by atoms with Crippen molar-refractivity contribution in [3.63, 3.8) is 0 Å². The Kier molecular flexibility index (Phi) is 3.19. The summed E-state index contributed by atoms with van der Waals surface area (Å²) in [6, 6.07) is 5.88. The monoisotopic (exact) mass is 247 g/mol. The standard InChI is InChI=1S/C12H13N3OS/c1-7-4-9(17)3-2-8(7)5-11-14-6-10(13)12(16)15-11/h2-4,6,17H,5,13H2,1H3,(H,14,15,16). The molecule has 0 spiro atoms. The van der Waals surface area contributed by atoms with Crippen LogP contribution in [0, 0.1) is 6.92 Å². The highest BCUT2D eigenvalue weighted by molar-refractivity contribution is 7.80. The number of rotatable bonds is 2. The molecule has 88 valence electrons. The lowest BCUT2D eigenvalue weighted by atomic mass is 10.1. The van der Waals surface area contributed by atoms with Crippen molar-refractivity contribution >= 4 is 18.3 Å². The molecule has 0 saturated heterocycles. The molecule has 1 heterocycles. The molecule has 0 unspecified atom stereocenters. The van der Waals surface area contributed by atoms with Gasteiger partial charge in [-0.1, -0.05) is 6.07 Å². The Hall–Kier alpha value is -1.75. The van der Waals surface area contributed by atoms with Crippen molar-refractivity contribution in [3.05, 3.63) is 51.7 Å². The zero-order valence-corrected chi connectivity index (χ0v) is 10.3. The van der Waals surface area contributed by atoms with E-state index in [2.05, 4.69) is 22.6 Å². The second-order valence-electron chi connectivity index (χ2n) is 3.90. The van der Waals surface area contributed by atoms with Gasteiger partial charge in [-0.3, -0.25) is 4.79 Å². The first-order chi connectivity index (χ1) is 8.06. The normalized spacial score (nSPS) is 10.5. The van der Waals surface area contributed by atoms with Crippen LogP contribution in [0.25, 0.3) is 0 Å². The maximum Gasteiger partial charge on any atom is 0.274 e. The molecule has 5 heteroatoms. The minimum atomic E-state index is -0.293. The molecular formula is C12H13N3OS. The van der Waals surface area contributed by atoms with Gasteiger partial charge in [-0.25, -0.2) is 4.98 Å². The third kappa shape index (κ3) is 2.68. The first-order valence-electron chi connectivity index (χ1n) is 5.18. The SMILES string of the molecule is Cc1cc(S)ccc1Cc1ncc(N)c(=O)[nH]1. The Balaban J connectivity index is 2.31. The van der Waals surface area contributed by atoms with Crippen LogP contribution in [0.4, 0.5) is 5.69 Å². The second-order valence-corrected chi connectivity index (χ2v) is 4.42. The number of nitrogens with one attached hydrogen (secondary N) is 1. The molecule has 3 N–H and O–H groups in total. The van der Waals surface area contributed by atoms with E-state index in [1.807, 2.05) is 25.1 Å². The maximum absolute atomic E-state index is 11.3. The van der Waals surface area contributed by atoms with Gasteiger partial charge in [-0.15, -0.1) is 12.6 Å². The molecule has 1 aromatic heterocycles. The van der Waals surface area contributed by atoms with Gasteiger partial charge in [0, 0.05) is 11.3 Å². The van der Waals surface area contributed by atoms with Gasteiger partial charge in [0.25, 0.3) is 5.56 Å².